The van der Waals surface area contributed by atoms with Gasteiger partial charge in [0, 0.05) is 49.6 Å². The number of carbonyl (C=O) groups excluding carboxylic acids is 3. The van der Waals surface area contributed by atoms with E-state index in [1.165, 1.54) is 19.1 Å². The number of fused-ring (bicyclic) bond motifs is 1. The highest BCUT2D eigenvalue weighted by atomic mass is 16.3. The molecule has 0 bridgehead atoms. The number of primary amides is 1. The fraction of sp³-hybridized carbons (Fsp3) is 0.357. The Morgan fingerprint density at radius 3 is 2.38 bits per heavy atom. The number of phenolic OH excluding ortho intramolecular Hbond substituents is 1. The summed E-state index contributed by atoms with van der Waals surface area (Å²) in [7, 11) is 0. The zero-order chi connectivity index (χ0) is 29.1. The van der Waals surface area contributed by atoms with E-state index in [1.807, 2.05) is 30.5 Å². The van der Waals surface area contributed by atoms with Crippen LogP contribution in [0.1, 0.15) is 30.9 Å². The Labute approximate surface area is 232 Å². The summed E-state index contributed by atoms with van der Waals surface area (Å²) in [5.41, 5.74) is 19.2. The van der Waals surface area contributed by atoms with Crippen LogP contribution in [-0.2, 0) is 27.2 Å². The van der Waals surface area contributed by atoms with Crippen LogP contribution in [0.15, 0.2) is 59.7 Å². The number of aromatic hydroxyl groups is 1. The molecular formula is C28H38N8O4. The van der Waals surface area contributed by atoms with Crippen LogP contribution in [-0.4, -0.2) is 65.0 Å². The average molecular weight is 551 g/mol. The monoisotopic (exact) mass is 550 g/mol. The second-order valence-corrected chi connectivity index (χ2v) is 9.70. The van der Waals surface area contributed by atoms with Crippen LogP contribution >= 0.6 is 0 Å². The van der Waals surface area contributed by atoms with Crippen LogP contribution in [0.3, 0.4) is 0 Å². The van der Waals surface area contributed by atoms with E-state index in [0.717, 1.165) is 22.0 Å². The van der Waals surface area contributed by atoms with Crippen molar-refractivity contribution < 1.29 is 19.5 Å². The minimum absolute atomic E-state index is 0.0224. The van der Waals surface area contributed by atoms with Crippen molar-refractivity contribution in [1.82, 2.24) is 20.9 Å². The zero-order valence-corrected chi connectivity index (χ0v) is 22.5. The molecule has 0 aliphatic rings. The number of rotatable bonds is 15. The van der Waals surface area contributed by atoms with E-state index in [0.29, 0.717) is 25.8 Å². The molecule has 3 amide bonds. The number of guanidine groups is 1. The van der Waals surface area contributed by atoms with Gasteiger partial charge < -0.3 is 43.2 Å². The van der Waals surface area contributed by atoms with Crippen molar-refractivity contribution >= 4 is 34.6 Å². The molecule has 0 spiro atoms. The molecule has 3 unspecified atom stereocenters. The lowest BCUT2D eigenvalue weighted by Crippen LogP contribution is -2.54. The first kappa shape index (κ1) is 30.0. The molecule has 0 aliphatic heterocycles. The molecule has 3 atom stereocenters. The highest BCUT2D eigenvalue weighted by Crippen LogP contribution is 2.19. The molecular weight excluding hydrogens is 512 g/mol. The van der Waals surface area contributed by atoms with E-state index >= 15 is 0 Å². The number of para-hydroxylation sites is 1. The summed E-state index contributed by atoms with van der Waals surface area (Å²) in [4.78, 5) is 44.8. The largest absolute Gasteiger partial charge is 0.508 e. The van der Waals surface area contributed by atoms with Crippen molar-refractivity contribution in [1.29, 1.82) is 0 Å². The van der Waals surface area contributed by atoms with E-state index in [1.54, 1.807) is 12.1 Å². The number of amides is 3. The van der Waals surface area contributed by atoms with Gasteiger partial charge in [0.2, 0.25) is 17.7 Å². The molecule has 1 aromatic heterocycles. The van der Waals surface area contributed by atoms with Crippen LogP contribution in [0.2, 0.25) is 0 Å². The molecule has 0 radical (unpaired) electrons. The van der Waals surface area contributed by atoms with Gasteiger partial charge in [0.15, 0.2) is 5.96 Å². The Bertz CT molecular complexity index is 1320. The molecule has 12 nitrogen and oxygen atoms in total. The van der Waals surface area contributed by atoms with Crippen molar-refractivity contribution in [3.8, 4) is 5.75 Å². The molecule has 0 aliphatic carbocycles. The predicted molar refractivity (Wildman–Crippen MR) is 154 cm³/mol. The molecule has 12 heteroatoms. The number of nitrogens with two attached hydrogens (primary N) is 3. The van der Waals surface area contributed by atoms with Crippen LogP contribution < -0.4 is 33.2 Å². The fourth-order valence-electron chi connectivity index (χ4n) is 4.47. The number of nitrogens with one attached hydrogen (secondary N) is 4. The number of nitrogens with zero attached hydrogens (tertiary/aromatic N) is 1. The number of aromatic amines is 1. The van der Waals surface area contributed by atoms with E-state index in [4.69, 9.17) is 17.2 Å². The lowest BCUT2D eigenvalue weighted by molar-refractivity contribution is -0.128. The van der Waals surface area contributed by atoms with E-state index in [-0.39, 0.29) is 36.5 Å². The van der Waals surface area contributed by atoms with Crippen molar-refractivity contribution in [3.05, 3.63) is 65.9 Å². The Morgan fingerprint density at radius 1 is 0.975 bits per heavy atom. The Balaban J connectivity index is 1.72. The standard InChI is InChI=1S/C28H38N8O4/c1-17(37)35-25(14-19-15-33-23-7-3-2-6-22(19)23)27(40)36-20(5-4-12-32-28(30)31)16-34-24(26(29)39)13-18-8-10-21(38)11-9-18/h2-3,6-11,15,20,24-25,33-34,38H,4-5,12-14,16H2,1H3,(H2,29,39)(H,35,37)(H,36,40)(H4,30,31,32). The van der Waals surface area contributed by atoms with E-state index in [9.17, 15) is 19.5 Å². The smallest absolute Gasteiger partial charge is 0.243 e. The van der Waals surface area contributed by atoms with E-state index < -0.39 is 24.0 Å². The van der Waals surface area contributed by atoms with Gasteiger partial charge >= 0.3 is 0 Å². The molecule has 0 saturated carbocycles. The number of benzene rings is 2. The quantitative estimate of drug-likeness (QED) is 0.0744. The van der Waals surface area contributed by atoms with Crippen LogP contribution in [0.25, 0.3) is 10.9 Å². The lowest BCUT2D eigenvalue weighted by atomic mass is 10.0. The van der Waals surface area contributed by atoms with E-state index in [2.05, 4.69) is 25.9 Å². The van der Waals surface area contributed by atoms with Gasteiger partial charge in [0.1, 0.15) is 11.8 Å². The number of phenols is 1. The summed E-state index contributed by atoms with van der Waals surface area (Å²) in [5.74, 6) is -1.13. The van der Waals surface area contributed by atoms with Gasteiger partial charge in [-0.3, -0.25) is 19.4 Å². The minimum Gasteiger partial charge on any atom is -0.508 e. The third-order valence-corrected chi connectivity index (χ3v) is 6.47. The van der Waals surface area contributed by atoms with Gasteiger partial charge in [-0.1, -0.05) is 30.3 Å². The molecule has 40 heavy (non-hydrogen) atoms. The molecule has 3 aromatic rings. The van der Waals surface area contributed by atoms with Gasteiger partial charge in [0.05, 0.1) is 6.04 Å². The second-order valence-electron chi connectivity index (χ2n) is 9.70. The maximum Gasteiger partial charge on any atom is 0.243 e. The number of aromatic nitrogens is 1. The molecule has 1 heterocycles. The zero-order valence-electron chi connectivity index (χ0n) is 22.5. The van der Waals surface area contributed by atoms with Crippen molar-refractivity contribution in [2.75, 3.05) is 13.1 Å². The maximum absolute atomic E-state index is 13.4. The number of aliphatic imine (C=N–C) groups is 1. The minimum atomic E-state index is -0.819. The van der Waals surface area contributed by atoms with Crippen LogP contribution in [0, 0.1) is 0 Å². The van der Waals surface area contributed by atoms with Crippen LogP contribution in [0.5, 0.6) is 5.75 Å². The van der Waals surface area contributed by atoms with Crippen molar-refractivity contribution in [2.24, 2.45) is 22.2 Å². The Morgan fingerprint density at radius 2 is 1.70 bits per heavy atom. The summed E-state index contributed by atoms with van der Waals surface area (Å²) in [6.45, 7) is 1.97. The molecule has 0 saturated heterocycles. The van der Waals surface area contributed by atoms with Gasteiger partial charge in [-0.25, -0.2) is 0 Å². The van der Waals surface area contributed by atoms with Crippen molar-refractivity contribution in [3.63, 3.8) is 0 Å². The molecule has 2 aromatic carbocycles. The molecule has 3 rings (SSSR count). The summed E-state index contributed by atoms with van der Waals surface area (Å²) in [6, 6.07) is 12.3. The predicted octanol–water partition coefficient (Wildman–Crippen LogP) is 0.145. The molecule has 0 fully saturated rings. The van der Waals surface area contributed by atoms with Crippen LogP contribution in [0.4, 0.5) is 0 Å². The highest BCUT2D eigenvalue weighted by Gasteiger charge is 2.25. The topological polar surface area (TPSA) is 214 Å². The first-order valence-corrected chi connectivity index (χ1v) is 13.1. The van der Waals surface area contributed by atoms with Gasteiger partial charge in [-0.15, -0.1) is 0 Å². The highest BCUT2D eigenvalue weighted by molar-refractivity contribution is 5.89. The van der Waals surface area contributed by atoms with Gasteiger partial charge in [-0.05, 0) is 48.6 Å². The normalized spacial score (nSPS) is 13.2. The van der Waals surface area contributed by atoms with Gasteiger partial charge in [-0.2, -0.15) is 0 Å². The Kier molecular flexibility index (Phi) is 10.9. The summed E-state index contributed by atoms with van der Waals surface area (Å²) in [5, 5.41) is 19.4. The second kappa shape index (κ2) is 14.5. The number of H-pyrrole nitrogens is 1. The SMILES string of the molecule is CC(=O)NC(Cc1c[nH]c2ccccc12)C(=O)NC(CCCN=C(N)N)CNC(Cc1ccc(O)cc1)C(N)=O. The average Bonchev–Trinajstić information content (AvgIpc) is 3.31. The van der Waals surface area contributed by atoms with Crippen molar-refractivity contribution in [2.45, 2.75) is 50.7 Å². The maximum atomic E-state index is 13.4. The van der Waals surface area contributed by atoms with Gasteiger partial charge in [0.25, 0.3) is 0 Å². The lowest BCUT2D eigenvalue weighted by Gasteiger charge is -2.25. The third kappa shape index (κ3) is 9.31. The first-order chi connectivity index (χ1) is 19.1. The fourth-order valence-corrected chi connectivity index (χ4v) is 4.47. The summed E-state index contributed by atoms with van der Waals surface area (Å²) in [6.07, 6.45) is 3.49. The number of hydrogen-bond donors (Lipinski definition) is 8. The third-order valence-electron chi connectivity index (χ3n) is 6.47. The molecule has 214 valence electrons. The number of carbonyl (C=O) groups is 3. The molecule has 11 N–H and O–H groups in total. The summed E-state index contributed by atoms with van der Waals surface area (Å²) < 4.78 is 0. The summed E-state index contributed by atoms with van der Waals surface area (Å²) >= 11 is 0. The Hall–Kier alpha value is -4.58. The first-order valence-electron chi connectivity index (χ1n) is 13.1. The number of hydrogen-bond acceptors (Lipinski definition) is 6.